The van der Waals surface area contributed by atoms with Gasteiger partial charge < -0.3 is 9.80 Å². The molecule has 0 atom stereocenters. The Morgan fingerprint density at radius 2 is 1.05 bits per heavy atom. The zero-order valence-electron chi connectivity index (χ0n) is 22.1. The predicted molar refractivity (Wildman–Crippen MR) is 157 cm³/mol. The monoisotopic (exact) mass is 520 g/mol. The SMILES string of the molecule is [C-]#[N+]C(=C/C=C/N(Cc1ccccc1)Cc1cccc(CN(/C=C/C=C(C#N)C#N)Cc2ccccc2)c1)[N+]#[C-]. The van der Waals surface area contributed by atoms with E-state index in [1.165, 1.54) is 12.2 Å². The molecule has 0 amide bonds. The fourth-order valence-corrected chi connectivity index (χ4v) is 3.96. The second kappa shape index (κ2) is 16.1. The lowest BCUT2D eigenvalue weighted by Gasteiger charge is -2.23. The van der Waals surface area contributed by atoms with E-state index in [1.807, 2.05) is 67.0 Å². The highest BCUT2D eigenvalue weighted by Crippen LogP contribution is 2.16. The zero-order chi connectivity index (χ0) is 28.4. The number of hydrogen-bond acceptors (Lipinski definition) is 4. The molecule has 3 aromatic rings. The first-order chi connectivity index (χ1) is 19.6. The Bertz CT molecular complexity index is 1390. The van der Waals surface area contributed by atoms with Crippen LogP contribution in [0.4, 0.5) is 0 Å². The van der Waals surface area contributed by atoms with Gasteiger partial charge in [-0.05, 0) is 52.9 Å². The lowest BCUT2D eigenvalue weighted by molar-refractivity contribution is 0.356. The summed E-state index contributed by atoms with van der Waals surface area (Å²) in [4.78, 5) is 10.7. The molecule has 0 N–H and O–H groups in total. The van der Waals surface area contributed by atoms with Crippen LogP contribution in [0.15, 0.2) is 133 Å². The Balaban J connectivity index is 1.82. The molecule has 0 bridgehead atoms. The summed E-state index contributed by atoms with van der Waals surface area (Å²) in [5, 5.41) is 18.1. The van der Waals surface area contributed by atoms with Crippen LogP contribution in [0.25, 0.3) is 9.69 Å². The predicted octanol–water partition coefficient (Wildman–Crippen LogP) is 7.37. The molecule has 0 fully saturated rings. The van der Waals surface area contributed by atoms with Crippen LogP contribution >= 0.6 is 0 Å². The van der Waals surface area contributed by atoms with E-state index in [-0.39, 0.29) is 11.4 Å². The summed E-state index contributed by atoms with van der Waals surface area (Å²) in [6.45, 7) is 16.8. The van der Waals surface area contributed by atoms with Gasteiger partial charge in [0, 0.05) is 32.3 Å². The normalized spacial score (nSPS) is 10.1. The van der Waals surface area contributed by atoms with Crippen molar-refractivity contribution in [2.75, 3.05) is 0 Å². The highest BCUT2D eigenvalue weighted by molar-refractivity contribution is 5.38. The molecule has 0 aromatic heterocycles. The molecule has 40 heavy (non-hydrogen) atoms. The maximum Gasteiger partial charge on any atom is 0.519 e. The van der Waals surface area contributed by atoms with Crippen molar-refractivity contribution >= 4 is 0 Å². The zero-order valence-corrected chi connectivity index (χ0v) is 22.1. The van der Waals surface area contributed by atoms with Crippen molar-refractivity contribution < 1.29 is 0 Å². The average Bonchev–Trinajstić information content (AvgIpc) is 2.98. The summed E-state index contributed by atoms with van der Waals surface area (Å²) in [5.41, 5.74) is 4.61. The van der Waals surface area contributed by atoms with Gasteiger partial charge in [0.15, 0.2) is 0 Å². The second-order valence-corrected chi connectivity index (χ2v) is 8.84. The van der Waals surface area contributed by atoms with Crippen LogP contribution in [0.1, 0.15) is 22.3 Å². The molecule has 194 valence electrons. The van der Waals surface area contributed by atoms with Crippen LogP contribution in [0.2, 0.25) is 0 Å². The Labute approximate surface area is 236 Å². The van der Waals surface area contributed by atoms with Crippen molar-refractivity contribution in [1.29, 1.82) is 10.5 Å². The largest absolute Gasteiger partial charge is 0.519 e. The Morgan fingerprint density at radius 1 is 0.625 bits per heavy atom. The van der Waals surface area contributed by atoms with Gasteiger partial charge in [0.2, 0.25) is 0 Å². The smallest absolute Gasteiger partial charge is 0.369 e. The Morgan fingerprint density at radius 3 is 1.50 bits per heavy atom. The molecule has 0 heterocycles. The molecular formula is C34H28N6. The van der Waals surface area contributed by atoms with E-state index >= 15 is 0 Å². The maximum atomic E-state index is 9.04. The standard InChI is InChI=1S/C34H28N6/c1-37-34(38-2)19-11-21-40(26-30-14-7-4-8-15-30)28-32-17-9-16-31(22-32)27-39(20-10-18-33(23-35)24-36)25-29-12-5-3-6-13-29/h3-22H,25-28H2/b20-10+,21-11+. The van der Waals surface area contributed by atoms with Gasteiger partial charge in [-0.1, -0.05) is 84.9 Å². The number of hydrogen-bond donors (Lipinski definition) is 0. The van der Waals surface area contributed by atoms with Gasteiger partial charge in [-0.2, -0.15) is 20.2 Å². The molecule has 0 unspecified atom stereocenters. The molecule has 0 aliphatic heterocycles. The van der Waals surface area contributed by atoms with Crippen molar-refractivity contribution in [3.63, 3.8) is 0 Å². The molecule has 3 aromatic carbocycles. The van der Waals surface area contributed by atoms with Crippen molar-refractivity contribution in [2.24, 2.45) is 0 Å². The summed E-state index contributed by atoms with van der Waals surface area (Å²) in [5.74, 6) is 0.0241. The topological polar surface area (TPSA) is 62.8 Å². The minimum atomic E-state index is 0.0241. The van der Waals surface area contributed by atoms with E-state index < -0.39 is 0 Å². The Kier molecular flexibility index (Phi) is 11.6. The summed E-state index contributed by atoms with van der Waals surface area (Å²) in [7, 11) is 0. The first-order valence-corrected chi connectivity index (χ1v) is 12.6. The molecular weight excluding hydrogens is 492 g/mol. The second-order valence-electron chi connectivity index (χ2n) is 8.84. The minimum Gasteiger partial charge on any atom is -0.369 e. The molecule has 3 rings (SSSR count). The van der Waals surface area contributed by atoms with Crippen LogP contribution in [0, 0.1) is 35.8 Å². The number of allylic oxidation sites excluding steroid dienone is 5. The van der Waals surface area contributed by atoms with Gasteiger partial charge in [-0.15, -0.1) is 0 Å². The van der Waals surface area contributed by atoms with Gasteiger partial charge in [0.1, 0.15) is 30.9 Å². The number of rotatable bonds is 12. The first-order valence-electron chi connectivity index (χ1n) is 12.6. The number of benzene rings is 3. The summed E-state index contributed by atoms with van der Waals surface area (Å²) in [6.07, 6.45) is 10.3. The molecule has 0 spiro atoms. The van der Waals surface area contributed by atoms with E-state index in [4.69, 9.17) is 23.7 Å². The Hall–Kier alpha value is -5.82. The third-order valence-electron chi connectivity index (χ3n) is 5.79. The fourth-order valence-electron chi connectivity index (χ4n) is 3.96. The van der Waals surface area contributed by atoms with E-state index in [9.17, 15) is 0 Å². The lowest BCUT2D eigenvalue weighted by atomic mass is 10.1. The van der Waals surface area contributed by atoms with Gasteiger partial charge in [-0.25, -0.2) is 0 Å². The van der Waals surface area contributed by atoms with Crippen molar-refractivity contribution in [3.8, 4) is 12.1 Å². The van der Waals surface area contributed by atoms with Crippen LogP contribution in [-0.4, -0.2) is 9.80 Å². The van der Waals surface area contributed by atoms with Gasteiger partial charge >= 0.3 is 5.82 Å². The van der Waals surface area contributed by atoms with Crippen LogP contribution < -0.4 is 0 Å². The molecule has 0 radical (unpaired) electrons. The highest BCUT2D eigenvalue weighted by atomic mass is 15.1. The molecule has 0 aliphatic rings. The van der Waals surface area contributed by atoms with Crippen molar-refractivity contribution in [3.05, 3.63) is 178 Å². The number of nitriles is 2. The number of nitrogens with zero attached hydrogens (tertiary/aromatic N) is 6. The quantitative estimate of drug-likeness (QED) is 0.142. The fraction of sp³-hybridized carbons (Fsp3) is 0.118. The first kappa shape index (κ1) is 28.7. The summed E-state index contributed by atoms with van der Waals surface area (Å²) < 4.78 is 0. The van der Waals surface area contributed by atoms with Gasteiger partial charge in [0.05, 0.1) is 0 Å². The average molecular weight is 521 g/mol. The lowest BCUT2D eigenvalue weighted by Crippen LogP contribution is -2.18. The van der Waals surface area contributed by atoms with E-state index in [0.29, 0.717) is 26.2 Å². The van der Waals surface area contributed by atoms with Crippen LogP contribution in [0.5, 0.6) is 0 Å². The van der Waals surface area contributed by atoms with E-state index in [0.717, 1.165) is 22.3 Å². The molecule has 0 saturated carbocycles. The van der Waals surface area contributed by atoms with Crippen LogP contribution in [-0.2, 0) is 26.2 Å². The summed E-state index contributed by atoms with van der Waals surface area (Å²) in [6, 6.07) is 32.4. The van der Waals surface area contributed by atoms with Crippen molar-refractivity contribution in [2.45, 2.75) is 26.2 Å². The maximum absolute atomic E-state index is 9.04. The molecule has 6 heteroatoms. The van der Waals surface area contributed by atoms with E-state index in [2.05, 4.69) is 62.0 Å². The third kappa shape index (κ3) is 9.91. The minimum absolute atomic E-state index is 0.0241. The highest BCUT2D eigenvalue weighted by Gasteiger charge is 2.07. The molecule has 6 nitrogen and oxygen atoms in total. The molecule has 0 aliphatic carbocycles. The third-order valence-corrected chi connectivity index (χ3v) is 5.79. The van der Waals surface area contributed by atoms with Gasteiger partial charge in [0.25, 0.3) is 0 Å². The van der Waals surface area contributed by atoms with E-state index in [1.54, 1.807) is 12.2 Å². The molecule has 0 saturated heterocycles. The summed E-state index contributed by atoms with van der Waals surface area (Å²) >= 11 is 0. The van der Waals surface area contributed by atoms with Crippen LogP contribution in [0.3, 0.4) is 0 Å². The van der Waals surface area contributed by atoms with Gasteiger partial charge in [-0.3, -0.25) is 0 Å². The van der Waals surface area contributed by atoms with Crippen molar-refractivity contribution in [1.82, 2.24) is 9.80 Å².